The molecule has 1 aliphatic heterocycles. The Morgan fingerprint density at radius 2 is 1.52 bits per heavy atom. The number of carbonyl (C=O) groups excluding carboxylic acids is 2. The molecule has 0 saturated heterocycles. The minimum absolute atomic E-state index is 0.0621. The van der Waals surface area contributed by atoms with Gasteiger partial charge in [0.05, 0.1) is 33.4 Å². The Morgan fingerprint density at radius 1 is 0.938 bits per heavy atom. The summed E-state index contributed by atoms with van der Waals surface area (Å²) in [5.41, 5.74) is 0.968. The van der Waals surface area contributed by atoms with Crippen molar-refractivity contribution in [2.45, 2.75) is 72.6 Å². The van der Waals surface area contributed by atoms with Gasteiger partial charge >= 0.3 is 11.7 Å². The SMILES string of the molecule is CCOc1cc(C2C3=C(CC(C)(C)CC3=O)N(CCC(=O)O)C3=C2C(=O)CC(C)(C)C3)cc(Br)c1Oc1ccc([N+](=O)[O-])cc1[N+](=O)[O-]. The zero-order valence-electron chi connectivity index (χ0n) is 27.3. The molecule has 0 bridgehead atoms. The van der Waals surface area contributed by atoms with Crippen molar-refractivity contribution in [2.75, 3.05) is 13.2 Å². The van der Waals surface area contributed by atoms with E-state index < -0.39 is 43.9 Å². The molecule has 48 heavy (non-hydrogen) atoms. The second-order valence-electron chi connectivity index (χ2n) is 13.9. The first kappa shape index (κ1) is 34.7. The second kappa shape index (κ2) is 12.8. The molecular formula is C34H36BrN3O10. The number of ether oxygens (including phenoxy) is 2. The van der Waals surface area contributed by atoms with Crippen LogP contribution in [0, 0.1) is 31.1 Å². The van der Waals surface area contributed by atoms with Crippen molar-refractivity contribution in [3.8, 4) is 17.2 Å². The number of carboxylic acids is 1. The number of ketones is 2. The molecule has 0 fully saturated rings. The van der Waals surface area contributed by atoms with E-state index in [9.17, 15) is 39.7 Å². The molecule has 2 aliphatic carbocycles. The molecule has 3 aliphatic rings. The number of allylic oxidation sites excluding steroid dienone is 4. The van der Waals surface area contributed by atoms with Gasteiger partial charge in [-0.05, 0) is 70.3 Å². The van der Waals surface area contributed by atoms with Crippen LogP contribution in [-0.2, 0) is 14.4 Å². The summed E-state index contributed by atoms with van der Waals surface area (Å²) in [5.74, 6) is -2.05. The number of carbonyl (C=O) groups is 3. The minimum atomic E-state index is -0.988. The summed E-state index contributed by atoms with van der Waals surface area (Å²) in [7, 11) is 0. The number of hydrogen-bond donors (Lipinski definition) is 1. The van der Waals surface area contributed by atoms with Crippen LogP contribution in [0.1, 0.15) is 78.2 Å². The van der Waals surface area contributed by atoms with Crippen molar-refractivity contribution >= 4 is 44.8 Å². The fraction of sp³-hybridized carbons (Fsp3) is 0.441. The third-order valence-corrected chi connectivity index (χ3v) is 9.39. The number of nitro benzene ring substituents is 2. The van der Waals surface area contributed by atoms with Crippen molar-refractivity contribution in [3.05, 3.63) is 83.1 Å². The molecule has 0 saturated carbocycles. The molecular weight excluding hydrogens is 690 g/mol. The van der Waals surface area contributed by atoms with Gasteiger partial charge in [0.1, 0.15) is 0 Å². The predicted molar refractivity (Wildman–Crippen MR) is 177 cm³/mol. The van der Waals surface area contributed by atoms with Crippen molar-refractivity contribution in [3.63, 3.8) is 0 Å². The zero-order valence-corrected chi connectivity index (χ0v) is 28.8. The van der Waals surface area contributed by atoms with Crippen molar-refractivity contribution in [1.29, 1.82) is 0 Å². The lowest BCUT2D eigenvalue weighted by atomic mass is 9.63. The van der Waals surface area contributed by atoms with Gasteiger partial charge in [-0.3, -0.25) is 34.6 Å². The second-order valence-corrected chi connectivity index (χ2v) is 14.7. The van der Waals surface area contributed by atoms with E-state index >= 15 is 0 Å². The van der Waals surface area contributed by atoms with Crippen LogP contribution in [-0.4, -0.2) is 50.5 Å². The van der Waals surface area contributed by atoms with Crippen molar-refractivity contribution in [1.82, 2.24) is 4.90 Å². The fourth-order valence-electron chi connectivity index (χ4n) is 6.93. The first-order valence-corrected chi connectivity index (χ1v) is 16.3. The highest BCUT2D eigenvalue weighted by Crippen LogP contribution is 2.56. The van der Waals surface area contributed by atoms with Crippen molar-refractivity contribution in [2.24, 2.45) is 10.8 Å². The molecule has 0 unspecified atom stereocenters. The number of Topliss-reactive ketones (excluding diaryl/α,β-unsaturated/α-hetero) is 2. The summed E-state index contributed by atoms with van der Waals surface area (Å²) in [5, 5.41) is 32.7. The summed E-state index contributed by atoms with van der Waals surface area (Å²) in [6, 6.07) is 6.37. The molecule has 0 amide bonds. The number of non-ortho nitro benzene ring substituents is 1. The Morgan fingerprint density at radius 3 is 2.02 bits per heavy atom. The van der Waals surface area contributed by atoms with Gasteiger partial charge in [-0.1, -0.05) is 27.7 Å². The van der Waals surface area contributed by atoms with E-state index in [1.807, 2.05) is 32.6 Å². The van der Waals surface area contributed by atoms with Crippen LogP contribution in [0.4, 0.5) is 11.4 Å². The van der Waals surface area contributed by atoms with Gasteiger partial charge < -0.3 is 19.5 Å². The summed E-state index contributed by atoms with van der Waals surface area (Å²) >= 11 is 3.53. The third kappa shape index (κ3) is 6.71. The van der Waals surface area contributed by atoms with Gasteiger partial charge in [-0.15, -0.1) is 0 Å². The number of halogens is 1. The van der Waals surface area contributed by atoms with Crippen LogP contribution >= 0.6 is 15.9 Å². The average Bonchev–Trinajstić information content (AvgIpc) is 2.96. The normalized spacial score (nSPS) is 18.8. The number of nitro groups is 2. The molecule has 0 atom stereocenters. The van der Waals surface area contributed by atoms with Crippen LogP contribution in [0.5, 0.6) is 17.2 Å². The Labute approximate surface area is 285 Å². The lowest BCUT2D eigenvalue weighted by molar-refractivity contribution is -0.394. The smallest absolute Gasteiger partial charge is 0.318 e. The number of carboxylic acid groups (broad SMARTS) is 1. The van der Waals surface area contributed by atoms with Gasteiger partial charge in [-0.2, -0.15) is 0 Å². The molecule has 14 heteroatoms. The highest BCUT2D eigenvalue weighted by Gasteiger charge is 2.49. The predicted octanol–water partition coefficient (Wildman–Crippen LogP) is 7.62. The van der Waals surface area contributed by atoms with Gasteiger partial charge in [0.25, 0.3) is 5.69 Å². The fourth-order valence-corrected chi connectivity index (χ4v) is 7.47. The Hall–Kier alpha value is -4.59. The zero-order chi connectivity index (χ0) is 35.3. The standard InChI is InChI=1S/C34H36BrN3O10/c1-6-47-27-12-18(11-20(35)32(27)48-26-8-7-19(37(43)44)13-21(26)38(45)46)29-30-22(14-33(2,3)16-24(30)39)36(10-9-28(41)42)23-15-34(4,5)17-25(40)31(23)29/h7-8,11-13,29H,6,9-10,14-17H2,1-5H3,(H,41,42). The molecule has 0 radical (unpaired) electrons. The van der Waals surface area contributed by atoms with Crippen LogP contribution in [0.15, 0.2) is 57.3 Å². The number of hydrogen-bond acceptors (Lipinski definition) is 10. The monoisotopic (exact) mass is 725 g/mol. The molecule has 13 nitrogen and oxygen atoms in total. The molecule has 1 N–H and O–H groups in total. The van der Waals surface area contributed by atoms with Crippen LogP contribution in [0.25, 0.3) is 0 Å². The van der Waals surface area contributed by atoms with Crippen molar-refractivity contribution < 1.29 is 38.8 Å². The van der Waals surface area contributed by atoms with Gasteiger partial charge in [0, 0.05) is 53.9 Å². The van der Waals surface area contributed by atoms with Crippen LogP contribution in [0.2, 0.25) is 0 Å². The van der Waals surface area contributed by atoms with Gasteiger partial charge in [0.2, 0.25) is 5.75 Å². The maximum Gasteiger partial charge on any atom is 0.318 e. The molecule has 5 rings (SSSR count). The maximum absolute atomic E-state index is 14.1. The highest BCUT2D eigenvalue weighted by atomic mass is 79.9. The molecule has 0 spiro atoms. The highest BCUT2D eigenvalue weighted by molar-refractivity contribution is 9.10. The largest absolute Gasteiger partial charge is 0.490 e. The number of nitrogens with zero attached hydrogens (tertiary/aromatic N) is 3. The Kier molecular flexibility index (Phi) is 9.25. The average molecular weight is 727 g/mol. The van der Waals surface area contributed by atoms with Gasteiger partial charge in [0.15, 0.2) is 23.1 Å². The lowest BCUT2D eigenvalue weighted by Gasteiger charge is -2.49. The summed E-state index contributed by atoms with van der Waals surface area (Å²) in [6.45, 7) is 9.99. The third-order valence-electron chi connectivity index (χ3n) is 8.80. The topological polar surface area (TPSA) is 179 Å². The maximum atomic E-state index is 14.1. The van der Waals surface area contributed by atoms with E-state index in [4.69, 9.17) is 9.47 Å². The lowest BCUT2D eigenvalue weighted by Crippen LogP contribution is -2.45. The Balaban J connectivity index is 1.72. The number of aliphatic carboxylic acids is 1. The molecule has 2 aromatic carbocycles. The van der Waals surface area contributed by atoms with E-state index in [-0.39, 0.29) is 61.2 Å². The van der Waals surface area contributed by atoms with E-state index in [0.29, 0.717) is 45.4 Å². The van der Waals surface area contributed by atoms with E-state index in [0.717, 1.165) is 18.2 Å². The minimum Gasteiger partial charge on any atom is -0.490 e. The van der Waals surface area contributed by atoms with E-state index in [2.05, 4.69) is 15.9 Å². The quantitative estimate of drug-likeness (QED) is 0.188. The Bertz CT molecular complexity index is 1770. The number of rotatable bonds is 10. The molecule has 2 aromatic rings. The van der Waals surface area contributed by atoms with E-state index in [1.54, 1.807) is 19.1 Å². The summed E-state index contributed by atoms with van der Waals surface area (Å²) in [4.78, 5) is 63.4. The van der Waals surface area contributed by atoms with Gasteiger partial charge in [-0.25, -0.2) is 0 Å². The van der Waals surface area contributed by atoms with Crippen LogP contribution in [0.3, 0.4) is 0 Å². The number of benzene rings is 2. The van der Waals surface area contributed by atoms with E-state index in [1.165, 1.54) is 0 Å². The molecule has 1 heterocycles. The summed E-state index contributed by atoms with van der Waals surface area (Å²) < 4.78 is 12.2. The molecule has 0 aromatic heterocycles. The molecule has 254 valence electrons. The first-order valence-electron chi connectivity index (χ1n) is 15.5. The summed E-state index contributed by atoms with van der Waals surface area (Å²) in [6.07, 6.45) is 1.30. The first-order chi connectivity index (χ1) is 22.4. The van der Waals surface area contributed by atoms with Crippen LogP contribution < -0.4 is 9.47 Å².